The number of benzene rings is 1. The Morgan fingerprint density at radius 1 is 1.44 bits per heavy atom. The number of hydrazone groups is 1. The first-order valence-corrected chi connectivity index (χ1v) is 9.18. The summed E-state index contributed by atoms with van der Waals surface area (Å²) in [5.41, 5.74) is 1.53. The maximum atomic E-state index is 12.5. The highest BCUT2D eigenvalue weighted by molar-refractivity contribution is 7.22. The summed E-state index contributed by atoms with van der Waals surface area (Å²) >= 11 is 0. The Bertz CT molecular complexity index is 834. The molecule has 1 atom stereocenters. The van der Waals surface area contributed by atoms with Gasteiger partial charge in [-0.2, -0.15) is 5.10 Å². The van der Waals surface area contributed by atoms with Crippen LogP contribution >= 0.6 is 9.24 Å². The molecule has 2 aliphatic heterocycles. The first-order chi connectivity index (χ1) is 12.8. The Labute approximate surface area is 163 Å². The van der Waals surface area contributed by atoms with E-state index in [1.165, 1.54) is 6.08 Å². The van der Waals surface area contributed by atoms with Gasteiger partial charge in [-0.1, -0.05) is 18.6 Å². The van der Waals surface area contributed by atoms with Gasteiger partial charge in [0.05, 0.1) is 17.7 Å². The number of amides is 1. The average Bonchev–Trinajstić information content (AvgIpc) is 3.24. The lowest BCUT2D eigenvalue weighted by molar-refractivity contribution is -0.134. The van der Waals surface area contributed by atoms with Crippen molar-refractivity contribution in [2.75, 3.05) is 6.79 Å². The quantitative estimate of drug-likeness (QED) is 0.582. The van der Waals surface area contributed by atoms with Crippen molar-refractivity contribution in [3.63, 3.8) is 0 Å². The van der Waals surface area contributed by atoms with Crippen LogP contribution in [0, 0.1) is 12.3 Å². The van der Waals surface area contributed by atoms with E-state index in [9.17, 15) is 4.79 Å². The molecule has 2 heterocycles. The lowest BCUT2D eigenvalue weighted by Gasteiger charge is -2.28. The van der Waals surface area contributed by atoms with Gasteiger partial charge in [0.15, 0.2) is 11.5 Å². The van der Waals surface area contributed by atoms with Crippen molar-refractivity contribution >= 4 is 20.9 Å². The highest BCUT2D eigenvalue weighted by atomic mass is 31.0. The van der Waals surface area contributed by atoms with Crippen LogP contribution in [0.5, 0.6) is 11.5 Å². The fourth-order valence-corrected chi connectivity index (χ4v) is 2.93. The number of allylic oxidation sites excluding steroid dienone is 2. The Morgan fingerprint density at radius 3 is 2.74 bits per heavy atom. The zero-order chi connectivity index (χ0) is 20.0. The fraction of sp³-hybridized carbons (Fsp3) is 0.333. The van der Waals surface area contributed by atoms with Crippen LogP contribution in [-0.4, -0.2) is 29.0 Å². The Morgan fingerprint density at radius 2 is 2.11 bits per heavy atom. The van der Waals surface area contributed by atoms with Gasteiger partial charge in [0.25, 0.3) is 0 Å². The smallest absolute Gasteiger partial charge is 0.247 e. The van der Waals surface area contributed by atoms with Gasteiger partial charge in [-0.3, -0.25) is 4.79 Å². The topological polar surface area (TPSA) is 51.1 Å². The van der Waals surface area contributed by atoms with Crippen molar-refractivity contribution in [2.24, 2.45) is 5.10 Å². The van der Waals surface area contributed by atoms with Gasteiger partial charge < -0.3 is 9.47 Å². The summed E-state index contributed by atoms with van der Waals surface area (Å²) in [5.74, 6) is 3.68. The molecule has 3 rings (SSSR count). The number of rotatable bonds is 3. The standard InChI is InChI=1S/C17H21N2O3P.C4H4/c1-4-12(23)8-16(20)19-17(2,3)9-13(18-19)11-5-6-14-15(7-11)22-10-21-14;1-3-4-2/h4-7H,8-10,23H2,1-3H3;1,4H,2H2/b12-4+;. The van der Waals surface area contributed by atoms with Crippen molar-refractivity contribution in [1.29, 1.82) is 0 Å². The summed E-state index contributed by atoms with van der Waals surface area (Å²) in [5, 5.41) is 7.17. The summed E-state index contributed by atoms with van der Waals surface area (Å²) in [6, 6.07) is 5.78. The summed E-state index contributed by atoms with van der Waals surface area (Å²) in [4.78, 5) is 12.5. The molecule has 0 saturated heterocycles. The molecule has 1 aromatic rings. The lowest BCUT2D eigenvalue weighted by atomic mass is 9.94. The van der Waals surface area contributed by atoms with Crippen LogP contribution in [0.4, 0.5) is 0 Å². The molecule has 1 unspecified atom stereocenters. The van der Waals surface area contributed by atoms with Crippen molar-refractivity contribution in [2.45, 2.75) is 39.2 Å². The number of ether oxygens (including phenoxy) is 2. The number of hydrogen-bond acceptors (Lipinski definition) is 4. The number of fused-ring (bicyclic) bond motifs is 1. The molecular formula is C21H25N2O3P. The van der Waals surface area contributed by atoms with Gasteiger partial charge in [0.1, 0.15) is 0 Å². The van der Waals surface area contributed by atoms with Gasteiger partial charge in [0, 0.05) is 12.0 Å². The fourth-order valence-electron chi connectivity index (χ4n) is 2.76. The molecule has 0 saturated carbocycles. The van der Waals surface area contributed by atoms with Gasteiger partial charge in [-0.05, 0) is 50.4 Å². The molecule has 0 radical (unpaired) electrons. The monoisotopic (exact) mass is 384 g/mol. The minimum atomic E-state index is -0.332. The number of carbonyl (C=O) groups excluding carboxylic acids is 1. The minimum absolute atomic E-state index is 0.00819. The Balaban J connectivity index is 0.000000596. The molecule has 0 spiro atoms. The van der Waals surface area contributed by atoms with E-state index in [4.69, 9.17) is 9.47 Å². The number of terminal acetylenes is 1. The first-order valence-electron chi connectivity index (χ1n) is 8.60. The molecular weight excluding hydrogens is 359 g/mol. The molecule has 142 valence electrons. The van der Waals surface area contributed by atoms with Crippen LogP contribution in [0.15, 0.2) is 47.3 Å². The number of hydrogen-bond donors (Lipinski definition) is 0. The predicted molar refractivity (Wildman–Crippen MR) is 112 cm³/mol. The number of carbonyl (C=O) groups is 1. The van der Waals surface area contributed by atoms with Crippen LogP contribution in [-0.2, 0) is 4.79 Å². The van der Waals surface area contributed by atoms with Crippen LogP contribution in [0.25, 0.3) is 0 Å². The van der Waals surface area contributed by atoms with E-state index in [2.05, 4.69) is 33.3 Å². The zero-order valence-electron chi connectivity index (χ0n) is 16.0. The second-order valence-electron chi connectivity index (χ2n) is 6.72. The van der Waals surface area contributed by atoms with Crippen molar-refractivity contribution < 1.29 is 14.3 Å². The maximum absolute atomic E-state index is 12.5. The molecule has 0 N–H and O–H groups in total. The largest absolute Gasteiger partial charge is 0.454 e. The summed E-state index contributed by atoms with van der Waals surface area (Å²) in [6.45, 7) is 9.49. The molecule has 6 heteroatoms. The molecule has 0 bridgehead atoms. The predicted octanol–water partition coefficient (Wildman–Crippen LogP) is 4.10. The molecule has 27 heavy (non-hydrogen) atoms. The van der Waals surface area contributed by atoms with E-state index < -0.39 is 0 Å². The van der Waals surface area contributed by atoms with Crippen LogP contribution < -0.4 is 9.47 Å². The molecule has 1 aromatic carbocycles. The summed E-state index contributed by atoms with van der Waals surface area (Å²) in [6.07, 6.45) is 9.06. The summed E-state index contributed by atoms with van der Waals surface area (Å²) in [7, 11) is 2.60. The van der Waals surface area contributed by atoms with Gasteiger partial charge >= 0.3 is 0 Å². The van der Waals surface area contributed by atoms with Crippen LogP contribution in [0.1, 0.15) is 39.2 Å². The van der Waals surface area contributed by atoms with Crippen molar-refractivity contribution in [1.82, 2.24) is 5.01 Å². The first kappa shape index (κ1) is 20.7. The molecule has 2 aliphatic rings. The molecule has 0 fully saturated rings. The second-order valence-corrected chi connectivity index (χ2v) is 7.46. The lowest BCUT2D eigenvalue weighted by Crippen LogP contribution is -2.40. The third kappa shape index (κ3) is 4.99. The second kappa shape index (κ2) is 8.88. The average molecular weight is 384 g/mol. The third-order valence-corrected chi connectivity index (χ3v) is 4.72. The van der Waals surface area contributed by atoms with Crippen LogP contribution in [0.2, 0.25) is 0 Å². The Hall–Kier alpha value is -2.57. The van der Waals surface area contributed by atoms with E-state index in [1.807, 2.05) is 45.0 Å². The minimum Gasteiger partial charge on any atom is -0.454 e. The van der Waals surface area contributed by atoms with Crippen molar-refractivity contribution in [3.05, 3.63) is 47.8 Å². The summed E-state index contributed by atoms with van der Waals surface area (Å²) < 4.78 is 10.8. The SMILES string of the molecule is C#CC=C.C/C=C(/P)CC(=O)N1N=C(c2ccc3c(c2)OCO3)CC1(C)C. The normalized spacial score (nSPS) is 16.8. The Kier molecular flexibility index (Phi) is 6.82. The molecule has 0 aromatic heterocycles. The van der Waals surface area contributed by atoms with Crippen LogP contribution in [0.3, 0.4) is 0 Å². The molecule has 0 aliphatic carbocycles. The third-order valence-electron chi connectivity index (χ3n) is 4.18. The highest BCUT2D eigenvalue weighted by Gasteiger charge is 2.38. The van der Waals surface area contributed by atoms with E-state index in [1.54, 1.807) is 5.01 Å². The highest BCUT2D eigenvalue weighted by Crippen LogP contribution is 2.36. The van der Waals surface area contributed by atoms with E-state index >= 15 is 0 Å². The maximum Gasteiger partial charge on any atom is 0.247 e. The van der Waals surface area contributed by atoms with Gasteiger partial charge in [-0.15, -0.1) is 15.7 Å². The molecule has 5 nitrogen and oxygen atoms in total. The van der Waals surface area contributed by atoms with E-state index in [-0.39, 0.29) is 18.2 Å². The number of nitrogens with zero attached hydrogens (tertiary/aromatic N) is 2. The van der Waals surface area contributed by atoms with E-state index in [0.717, 1.165) is 28.1 Å². The zero-order valence-corrected chi connectivity index (χ0v) is 17.1. The van der Waals surface area contributed by atoms with Crippen molar-refractivity contribution in [3.8, 4) is 23.8 Å². The van der Waals surface area contributed by atoms with Gasteiger partial charge in [-0.25, -0.2) is 5.01 Å². The van der Waals surface area contributed by atoms with E-state index in [0.29, 0.717) is 12.8 Å². The van der Waals surface area contributed by atoms with Gasteiger partial charge in [0.2, 0.25) is 12.7 Å². The molecule has 1 amide bonds.